The topological polar surface area (TPSA) is 34.1 Å². The minimum Gasteiger partial charge on any atom is -0.218 e. The van der Waals surface area contributed by atoms with E-state index in [-0.39, 0.29) is 0 Å². The third-order valence-electron chi connectivity index (χ3n) is 4.66. The summed E-state index contributed by atoms with van der Waals surface area (Å²) in [5.41, 5.74) is 2.60. The van der Waals surface area contributed by atoms with Crippen LogP contribution in [0.2, 0.25) is 0 Å². The second-order valence-electron chi connectivity index (χ2n) is 6.53. The first kappa shape index (κ1) is 19.0. The van der Waals surface area contributed by atoms with Gasteiger partial charge in [-0.2, -0.15) is 0 Å². The summed E-state index contributed by atoms with van der Waals surface area (Å²) in [6, 6.07) is 25.8. The molecule has 0 atom stereocenters. The summed E-state index contributed by atoms with van der Waals surface area (Å²) in [6.45, 7) is 0. The molecule has 4 aromatic carbocycles. The van der Waals surface area contributed by atoms with E-state index < -0.39 is 31.3 Å². The Labute approximate surface area is 168 Å². The summed E-state index contributed by atoms with van der Waals surface area (Å²) >= 11 is 0. The van der Waals surface area contributed by atoms with Crippen molar-refractivity contribution in [1.82, 2.24) is 0 Å². The maximum atomic E-state index is 14.7. The second kappa shape index (κ2) is 7.60. The molecule has 2 nitrogen and oxygen atoms in total. The third-order valence-corrected chi connectivity index (χ3v) is 6.48. The minimum absolute atomic E-state index is 0.543. The number of hydrogen-bond acceptors (Lipinski definition) is 2. The summed E-state index contributed by atoms with van der Waals surface area (Å²) < 4.78 is 55.2. The van der Waals surface area contributed by atoms with Gasteiger partial charge in [0.1, 0.15) is 21.4 Å². The van der Waals surface area contributed by atoms with Crippen LogP contribution < -0.4 is 0 Å². The molecule has 0 aromatic heterocycles. The number of rotatable bonds is 4. The Morgan fingerprint density at radius 2 is 0.862 bits per heavy atom. The second-order valence-corrected chi connectivity index (χ2v) is 8.41. The van der Waals surface area contributed by atoms with E-state index in [4.69, 9.17) is 0 Å². The van der Waals surface area contributed by atoms with Crippen molar-refractivity contribution >= 4 is 9.84 Å². The van der Waals surface area contributed by atoms with E-state index in [1.54, 1.807) is 24.3 Å². The first-order valence-corrected chi connectivity index (χ1v) is 10.4. The Bertz CT molecular complexity index is 1170. The fraction of sp³-hybridized carbons (Fsp3) is 0. The van der Waals surface area contributed by atoms with E-state index in [0.717, 1.165) is 23.3 Å². The lowest BCUT2D eigenvalue weighted by atomic mass is 10.1. The molecule has 0 saturated carbocycles. The van der Waals surface area contributed by atoms with Gasteiger partial charge in [-0.05, 0) is 46.5 Å². The fourth-order valence-electron chi connectivity index (χ4n) is 3.18. The van der Waals surface area contributed by atoms with Crippen LogP contribution in [0.25, 0.3) is 22.3 Å². The largest absolute Gasteiger partial charge is 0.218 e. The molecule has 0 aliphatic rings. The van der Waals surface area contributed by atoms with E-state index in [9.17, 15) is 17.2 Å². The molecule has 0 saturated heterocycles. The van der Waals surface area contributed by atoms with Gasteiger partial charge in [0, 0.05) is 0 Å². The molecule has 0 spiro atoms. The first-order chi connectivity index (χ1) is 14.0. The van der Waals surface area contributed by atoms with Crippen molar-refractivity contribution < 1.29 is 17.2 Å². The normalized spacial score (nSPS) is 11.4. The summed E-state index contributed by atoms with van der Waals surface area (Å²) in [6.07, 6.45) is 0. The van der Waals surface area contributed by atoms with Gasteiger partial charge < -0.3 is 0 Å². The minimum atomic E-state index is -4.35. The zero-order valence-corrected chi connectivity index (χ0v) is 16.0. The first-order valence-electron chi connectivity index (χ1n) is 8.92. The van der Waals surface area contributed by atoms with Crippen LogP contribution in [0.3, 0.4) is 0 Å². The molecule has 0 radical (unpaired) electrons. The molecule has 0 N–H and O–H groups in total. The molecular formula is C24H16F2O2S. The van der Waals surface area contributed by atoms with Crippen molar-refractivity contribution in [1.29, 1.82) is 0 Å². The summed E-state index contributed by atoms with van der Waals surface area (Å²) in [7, 11) is -4.35. The van der Waals surface area contributed by atoms with Crippen LogP contribution in [-0.4, -0.2) is 8.42 Å². The molecule has 0 fully saturated rings. The Morgan fingerprint density at radius 1 is 0.483 bits per heavy atom. The summed E-state index contributed by atoms with van der Waals surface area (Å²) in [5.74, 6) is -1.84. The molecule has 29 heavy (non-hydrogen) atoms. The van der Waals surface area contributed by atoms with Gasteiger partial charge in [-0.25, -0.2) is 17.2 Å². The van der Waals surface area contributed by atoms with Crippen LogP contribution in [0.4, 0.5) is 8.78 Å². The average Bonchev–Trinajstić information content (AvgIpc) is 2.74. The van der Waals surface area contributed by atoms with E-state index >= 15 is 0 Å². The molecule has 0 amide bonds. The van der Waals surface area contributed by atoms with Crippen molar-refractivity contribution in [2.75, 3.05) is 0 Å². The van der Waals surface area contributed by atoms with Crippen LogP contribution in [-0.2, 0) is 9.84 Å². The monoisotopic (exact) mass is 406 g/mol. The highest BCUT2D eigenvalue weighted by atomic mass is 32.2. The van der Waals surface area contributed by atoms with Crippen molar-refractivity contribution in [2.45, 2.75) is 9.79 Å². The van der Waals surface area contributed by atoms with Crippen LogP contribution in [0.1, 0.15) is 0 Å². The average molecular weight is 406 g/mol. The molecular weight excluding hydrogens is 390 g/mol. The number of benzene rings is 4. The van der Waals surface area contributed by atoms with Gasteiger partial charge >= 0.3 is 0 Å². The van der Waals surface area contributed by atoms with Gasteiger partial charge in [0.15, 0.2) is 0 Å². The van der Waals surface area contributed by atoms with Crippen LogP contribution in [0, 0.1) is 11.6 Å². The predicted molar refractivity (Wildman–Crippen MR) is 109 cm³/mol. The van der Waals surface area contributed by atoms with E-state index in [1.807, 2.05) is 36.4 Å². The van der Waals surface area contributed by atoms with Crippen molar-refractivity contribution in [3.8, 4) is 22.3 Å². The highest BCUT2D eigenvalue weighted by Gasteiger charge is 2.25. The van der Waals surface area contributed by atoms with E-state index in [2.05, 4.69) is 0 Å². The summed E-state index contributed by atoms with van der Waals surface area (Å²) in [5, 5.41) is 0. The quantitative estimate of drug-likeness (QED) is 0.408. The van der Waals surface area contributed by atoms with Crippen LogP contribution >= 0.6 is 0 Å². The third kappa shape index (κ3) is 3.69. The maximum Gasteiger partial charge on any atom is 0.212 e. The number of sulfone groups is 1. The number of halogens is 2. The molecule has 0 heterocycles. The van der Waals surface area contributed by atoms with Crippen LogP contribution in [0.5, 0.6) is 0 Å². The van der Waals surface area contributed by atoms with Crippen molar-refractivity contribution in [3.05, 3.63) is 109 Å². The lowest BCUT2D eigenvalue weighted by Gasteiger charge is -2.10. The highest BCUT2D eigenvalue weighted by Crippen LogP contribution is 2.31. The van der Waals surface area contributed by atoms with Gasteiger partial charge in [0.05, 0.1) is 0 Å². The summed E-state index contributed by atoms with van der Waals surface area (Å²) in [4.78, 5) is -1.10. The maximum absolute atomic E-state index is 14.7. The standard InChI is InChI=1S/C24H16F2O2S/c25-21-15-19(17-7-3-1-4-8-17)11-13-23(21)29(27,28)24-14-12-20(16-22(24)26)18-9-5-2-6-10-18/h1-16H. The highest BCUT2D eigenvalue weighted by molar-refractivity contribution is 7.91. The zero-order valence-electron chi connectivity index (χ0n) is 15.2. The van der Waals surface area contributed by atoms with Gasteiger partial charge in [-0.1, -0.05) is 72.8 Å². The zero-order chi connectivity index (χ0) is 20.4. The smallest absolute Gasteiger partial charge is 0.212 e. The van der Waals surface area contributed by atoms with E-state index in [1.165, 1.54) is 24.3 Å². The molecule has 0 unspecified atom stereocenters. The fourth-order valence-corrected chi connectivity index (χ4v) is 4.54. The van der Waals surface area contributed by atoms with E-state index in [0.29, 0.717) is 11.1 Å². The van der Waals surface area contributed by atoms with Gasteiger partial charge in [-0.3, -0.25) is 0 Å². The van der Waals surface area contributed by atoms with Crippen molar-refractivity contribution in [2.24, 2.45) is 0 Å². The molecule has 0 aliphatic carbocycles. The van der Waals surface area contributed by atoms with Crippen molar-refractivity contribution in [3.63, 3.8) is 0 Å². The van der Waals surface area contributed by atoms with Gasteiger partial charge in [0.2, 0.25) is 9.84 Å². The SMILES string of the molecule is O=S(=O)(c1ccc(-c2ccccc2)cc1F)c1ccc(-c2ccccc2)cc1F. The lowest BCUT2D eigenvalue weighted by Crippen LogP contribution is -2.07. The van der Waals surface area contributed by atoms with Crippen LogP contribution in [0.15, 0.2) is 107 Å². The molecule has 0 aliphatic heterocycles. The molecule has 144 valence electrons. The molecule has 4 aromatic rings. The Kier molecular flexibility index (Phi) is 4.99. The molecule has 0 bridgehead atoms. The molecule has 5 heteroatoms. The lowest BCUT2D eigenvalue weighted by molar-refractivity contribution is 0.552. The number of hydrogen-bond donors (Lipinski definition) is 0. The Balaban J connectivity index is 1.74. The van der Waals surface area contributed by atoms with Gasteiger partial charge in [-0.15, -0.1) is 0 Å². The Morgan fingerprint density at radius 3 is 1.21 bits per heavy atom. The predicted octanol–water partition coefficient (Wildman–Crippen LogP) is 6.13. The molecule has 4 rings (SSSR count). The van der Waals surface area contributed by atoms with Gasteiger partial charge in [0.25, 0.3) is 0 Å². The Hall–Kier alpha value is -3.31.